The number of ether oxygens (including phenoxy) is 1. The number of benzene rings is 2. The summed E-state index contributed by atoms with van der Waals surface area (Å²) in [6.45, 7) is 1.98. The third-order valence-corrected chi connectivity index (χ3v) is 4.83. The normalized spacial score (nSPS) is 14.9. The summed E-state index contributed by atoms with van der Waals surface area (Å²) in [5.41, 5.74) is 1.00. The third kappa shape index (κ3) is 4.88. The second-order valence-electron chi connectivity index (χ2n) is 6.03. The number of rotatable bonds is 6. The molecule has 3 rings (SSSR count). The Balaban J connectivity index is 1.67. The molecule has 9 heteroatoms. The van der Waals surface area contributed by atoms with Crippen molar-refractivity contribution >= 4 is 52.8 Å². The Kier molecular flexibility index (Phi) is 6.41. The number of imide groups is 1. The molecule has 1 aliphatic rings. The maximum absolute atomic E-state index is 12.5. The van der Waals surface area contributed by atoms with Gasteiger partial charge in [0.05, 0.1) is 16.7 Å². The molecule has 0 saturated carbocycles. The summed E-state index contributed by atoms with van der Waals surface area (Å²) in [6, 6.07) is 11.0. The molecule has 0 bridgehead atoms. The second-order valence-corrected chi connectivity index (χ2v) is 6.81. The molecule has 29 heavy (non-hydrogen) atoms. The number of hydrogen-bond acceptors (Lipinski definition) is 4. The molecule has 0 unspecified atom stereocenters. The van der Waals surface area contributed by atoms with Gasteiger partial charge in [-0.3, -0.25) is 9.59 Å². The fraction of sp³-hybridized carbons (Fsp3) is 0.150. The highest BCUT2D eigenvalue weighted by atomic mass is 35.5. The number of carbonyl (C=O) groups is 3. The van der Waals surface area contributed by atoms with Crippen LogP contribution in [0.15, 0.2) is 48.2 Å². The summed E-state index contributed by atoms with van der Waals surface area (Å²) >= 11 is 12.1. The van der Waals surface area contributed by atoms with E-state index in [9.17, 15) is 14.4 Å². The van der Waals surface area contributed by atoms with Gasteiger partial charge < -0.3 is 15.4 Å². The summed E-state index contributed by atoms with van der Waals surface area (Å²) in [5.74, 6) is -0.471. The summed E-state index contributed by atoms with van der Waals surface area (Å²) in [7, 11) is 0. The van der Waals surface area contributed by atoms with Crippen LogP contribution in [0.4, 0.5) is 10.5 Å². The zero-order valence-corrected chi connectivity index (χ0v) is 16.9. The van der Waals surface area contributed by atoms with Gasteiger partial charge in [0, 0.05) is 5.69 Å². The quantitative estimate of drug-likeness (QED) is 0.533. The number of amides is 4. The summed E-state index contributed by atoms with van der Waals surface area (Å²) in [4.78, 5) is 37.7. The Morgan fingerprint density at radius 3 is 2.59 bits per heavy atom. The lowest BCUT2D eigenvalue weighted by Crippen LogP contribution is -2.38. The zero-order chi connectivity index (χ0) is 21.0. The maximum Gasteiger partial charge on any atom is 0.329 e. The molecule has 0 aliphatic carbocycles. The van der Waals surface area contributed by atoms with Crippen LogP contribution in [-0.2, 0) is 9.59 Å². The minimum atomic E-state index is -0.693. The molecule has 1 heterocycles. The van der Waals surface area contributed by atoms with Gasteiger partial charge in [0.2, 0.25) is 5.91 Å². The van der Waals surface area contributed by atoms with Gasteiger partial charge in [-0.05, 0) is 48.9 Å². The van der Waals surface area contributed by atoms with Crippen molar-refractivity contribution < 1.29 is 19.1 Å². The van der Waals surface area contributed by atoms with Crippen LogP contribution < -0.4 is 15.4 Å². The number of nitrogens with zero attached hydrogens (tertiary/aromatic N) is 1. The Morgan fingerprint density at radius 2 is 1.90 bits per heavy atom. The molecular formula is C20H17Cl2N3O4. The molecule has 0 aromatic heterocycles. The number of nitrogens with one attached hydrogen (secondary N) is 2. The topological polar surface area (TPSA) is 87.7 Å². The van der Waals surface area contributed by atoms with Gasteiger partial charge in [0.25, 0.3) is 5.91 Å². The Bertz CT molecular complexity index is 990. The molecule has 0 radical (unpaired) electrons. The van der Waals surface area contributed by atoms with E-state index in [2.05, 4.69) is 10.6 Å². The van der Waals surface area contributed by atoms with Crippen LogP contribution in [0.3, 0.4) is 0 Å². The lowest BCUT2D eigenvalue weighted by atomic mass is 10.2. The minimum absolute atomic E-state index is 0.00744. The van der Waals surface area contributed by atoms with Crippen molar-refractivity contribution in [1.29, 1.82) is 0 Å². The molecule has 1 aliphatic heterocycles. The maximum atomic E-state index is 12.5. The van der Waals surface area contributed by atoms with E-state index in [4.69, 9.17) is 27.9 Å². The van der Waals surface area contributed by atoms with Gasteiger partial charge in [-0.2, -0.15) is 0 Å². The molecule has 7 nitrogen and oxygen atoms in total. The first-order chi connectivity index (χ1) is 13.9. The van der Waals surface area contributed by atoms with Crippen molar-refractivity contribution in [3.63, 3.8) is 0 Å². The molecule has 150 valence electrons. The van der Waals surface area contributed by atoms with Crippen molar-refractivity contribution in [2.24, 2.45) is 0 Å². The largest absolute Gasteiger partial charge is 0.494 e. The van der Waals surface area contributed by atoms with Crippen LogP contribution in [0.5, 0.6) is 5.75 Å². The van der Waals surface area contributed by atoms with Crippen LogP contribution in [0, 0.1) is 0 Å². The van der Waals surface area contributed by atoms with Gasteiger partial charge in [0.1, 0.15) is 18.0 Å². The average Bonchev–Trinajstić information content (AvgIpc) is 2.94. The van der Waals surface area contributed by atoms with E-state index in [0.717, 1.165) is 4.90 Å². The van der Waals surface area contributed by atoms with E-state index in [0.29, 0.717) is 28.6 Å². The van der Waals surface area contributed by atoms with Crippen molar-refractivity contribution in [1.82, 2.24) is 10.2 Å². The fourth-order valence-corrected chi connectivity index (χ4v) is 3.01. The monoisotopic (exact) mass is 433 g/mol. The van der Waals surface area contributed by atoms with E-state index in [1.165, 1.54) is 6.08 Å². The SMILES string of the molecule is CCOc1ccc(NC(=O)CN2C(=O)N/C(=C\c3cccc(Cl)c3Cl)C2=O)cc1. The average molecular weight is 434 g/mol. The summed E-state index contributed by atoms with van der Waals surface area (Å²) < 4.78 is 5.34. The van der Waals surface area contributed by atoms with Crippen LogP contribution in [0.2, 0.25) is 10.0 Å². The van der Waals surface area contributed by atoms with Gasteiger partial charge in [-0.1, -0.05) is 35.3 Å². The predicted octanol–water partition coefficient (Wildman–Crippen LogP) is 3.92. The number of urea groups is 1. The van der Waals surface area contributed by atoms with E-state index >= 15 is 0 Å². The van der Waals surface area contributed by atoms with E-state index in [-0.39, 0.29) is 10.7 Å². The molecule has 0 atom stereocenters. The smallest absolute Gasteiger partial charge is 0.329 e. The van der Waals surface area contributed by atoms with Crippen LogP contribution in [0.25, 0.3) is 6.08 Å². The van der Waals surface area contributed by atoms with Crippen molar-refractivity contribution in [2.75, 3.05) is 18.5 Å². The lowest BCUT2D eigenvalue weighted by molar-refractivity contribution is -0.127. The Morgan fingerprint density at radius 1 is 1.17 bits per heavy atom. The van der Waals surface area contributed by atoms with Crippen molar-refractivity contribution in [2.45, 2.75) is 6.92 Å². The number of carbonyl (C=O) groups excluding carboxylic acids is 3. The van der Waals surface area contributed by atoms with Gasteiger partial charge >= 0.3 is 6.03 Å². The Hall–Kier alpha value is -3.03. The van der Waals surface area contributed by atoms with E-state index in [1.54, 1.807) is 42.5 Å². The third-order valence-electron chi connectivity index (χ3n) is 3.99. The van der Waals surface area contributed by atoms with Gasteiger partial charge in [-0.25, -0.2) is 9.69 Å². The second kappa shape index (κ2) is 8.98. The van der Waals surface area contributed by atoms with Crippen LogP contribution in [0.1, 0.15) is 12.5 Å². The summed E-state index contributed by atoms with van der Waals surface area (Å²) in [5, 5.41) is 5.66. The standard InChI is InChI=1S/C20H17Cl2N3O4/c1-2-29-14-8-6-13(7-9-14)23-17(26)11-25-19(27)16(24-20(25)28)10-12-4-3-5-15(21)18(12)22/h3-10H,2,11H2,1H3,(H,23,26)(H,24,28)/b16-10-. The van der Waals surface area contributed by atoms with Gasteiger partial charge in [-0.15, -0.1) is 0 Å². The fourth-order valence-electron chi connectivity index (χ4n) is 2.65. The first kappa shape index (κ1) is 20.7. The number of anilines is 1. The molecule has 2 aromatic carbocycles. The van der Waals surface area contributed by atoms with Gasteiger partial charge in [0.15, 0.2) is 0 Å². The minimum Gasteiger partial charge on any atom is -0.494 e. The highest BCUT2D eigenvalue weighted by Crippen LogP contribution is 2.27. The van der Waals surface area contributed by atoms with Crippen LogP contribution >= 0.6 is 23.2 Å². The molecular weight excluding hydrogens is 417 g/mol. The van der Waals surface area contributed by atoms with Crippen molar-refractivity contribution in [3.05, 3.63) is 63.8 Å². The van der Waals surface area contributed by atoms with E-state index in [1.807, 2.05) is 6.92 Å². The molecule has 1 fully saturated rings. The highest BCUT2D eigenvalue weighted by molar-refractivity contribution is 6.43. The van der Waals surface area contributed by atoms with Crippen molar-refractivity contribution in [3.8, 4) is 5.75 Å². The van der Waals surface area contributed by atoms with Crippen LogP contribution in [-0.4, -0.2) is 35.9 Å². The first-order valence-electron chi connectivity index (χ1n) is 8.70. The number of halogens is 2. The molecule has 2 aromatic rings. The molecule has 4 amide bonds. The molecule has 2 N–H and O–H groups in total. The predicted molar refractivity (Wildman–Crippen MR) is 111 cm³/mol. The highest BCUT2D eigenvalue weighted by Gasteiger charge is 2.35. The molecule has 0 spiro atoms. The zero-order valence-electron chi connectivity index (χ0n) is 15.4. The molecule has 1 saturated heterocycles. The summed E-state index contributed by atoms with van der Waals surface area (Å²) in [6.07, 6.45) is 1.42. The first-order valence-corrected chi connectivity index (χ1v) is 9.46. The number of hydrogen-bond donors (Lipinski definition) is 2. The Labute approximate surface area is 177 Å². The lowest BCUT2D eigenvalue weighted by Gasteiger charge is -2.12. The van der Waals surface area contributed by atoms with E-state index < -0.39 is 24.4 Å².